The van der Waals surface area contributed by atoms with Gasteiger partial charge in [-0.2, -0.15) is 0 Å². The Morgan fingerprint density at radius 3 is 1.29 bits per heavy atom. The largest absolute Gasteiger partial charge is 0.309 e. The van der Waals surface area contributed by atoms with Gasteiger partial charge in [-0.1, -0.05) is 206 Å². The van der Waals surface area contributed by atoms with Crippen LogP contribution in [-0.2, 0) is 0 Å². The Morgan fingerprint density at radius 2 is 0.667 bits per heavy atom. The standard InChI is InChI=1S/C60H42N2Si/c1-6-19-43(20-7-1)45-23-18-24-47(39-45)62-57-32-17-16-31-53(57)54-36-34-48(41-60(54)62)61-58-37-33-46(44-21-8-2-9-22-44)40-55(58)56-42-52(35-38-59(56)61)63(49-25-10-3-11-26-49,50-27-12-4-13-28-50)51-29-14-5-15-30-51/h1-42H. The maximum absolute atomic E-state index is 2.79. The molecule has 12 aromatic rings. The fourth-order valence-electron chi connectivity index (χ4n) is 10.2. The number of benzene rings is 10. The van der Waals surface area contributed by atoms with Crippen molar-refractivity contribution in [3.05, 3.63) is 255 Å². The average molecular weight is 819 g/mol. The Morgan fingerprint density at radius 1 is 0.222 bits per heavy atom. The number of para-hydroxylation sites is 1. The first-order chi connectivity index (χ1) is 31.3. The molecule has 63 heavy (non-hydrogen) atoms. The topological polar surface area (TPSA) is 9.86 Å². The minimum Gasteiger partial charge on any atom is -0.309 e. The smallest absolute Gasteiger partial charge is 0.179 e. The van der Waals surface area contributed by atoms with E-state index in [1.165, 1.54) is 86.6 Å². The van der Waals surface area contributed by atoms with Crippen molar-refractivity contribution in [2.24, 2.45) is 0 Å². The Balaban J connectivity index is 1.14. The van der Waals surface area contributed by atoms with Crippen molar-refractivity contribution in [3.63, 3.8) is 0 Å². The molecule has 0 radical (unpaired) electrons. The molecule has 0 bridgehead atoms. The van der Waals surface area contributed by atoms with Gasteiger partial charge in [-0.15, -0.1) is 0 Å². The lowest BCUT2D eigenvalue weighted by Gasteiger charge is -2.34. The van der Waals surface area contributed by atoms with Gasteiger partial charge in [0.15, 0.2) is 8.07 Å². The van der Waals surface area contributed by atoms with Gasteiger partial charge >= 0.3 is 0 Å². The summed E-state index contributed by atoms with van der Waals surface area (Å²) in [7, 11) is -2.79. The molecule has 12 rings (SSSR count). The number of aromatic nitrogens is 2. The Kier molecular flexibility index (Phi) is 8.87. The third-order valence-electron chi connectivity index (χ3n) is 13.1. The molecule has 0 saturated heterocycles. The summed E-state index contributed by atoms with van der Waals surface area (Å²) in [5, 5.41) is 10.4. The predicted molar refractivity (Wildman–Crippen MR) is 270 cm³/mol. The summed E-state index contributed by atoms with van der Waals surface area (Å²) in [4.78, 5) is 0. The molecule has 0 N–H and O–H groups in total. The van der Waals surface area contributed by atoms with Crippen LogP contribution in [-0.4, -0.2) is 17.2 Å². The van der Waals surface area contributed by atoms with E-state index in [2.05, 4.69) is 264 Å². The Labute approximate surface area is 368 Å². The van der Waals surface area contributed by atoms with Gasteiger partial charge in [0.05, 0.1) is 22.1 Å². The second-order valence-electron chi connectivity index (χ2n) is 16.5. The molecule has 2 nitrogen and oxygen atoms in total. The number of rotatable bonds is 8. The van der Waals surface area contributed by atoms with Crippen LogP contribution in [0, 0.1) is 0 Å². The van der Waals surface area contributed by atoms with Crippen LogP contribution in [0.4, 0.5) is 0 Å². The quantitative estimate of drug-likeness (QED) is 0.107. The lowest BCUT2D eigenvalue weighted by Crippen LogP contribution is -2.74. The Hall–Kier alpha value is -7.98. The molecule has 0 atom stereocenters. The highest BCUT2D eigenvalue weighted by Crippen LogP contribution is 2.39. The Bertz CT molecular complexity index is 3500. The van der Waals surface area contributed by atoms with Gasteiger partial charge in [-0.25, -0.2) is 0 Å². The summed E-state index contributed by atoms with van der Waals surface area (Å²) in [6.07, 6.45) is 0. The van der Waals surface area contributed by atoms with Crippen molar-refractivity contribution in [1.82, 2.24) is 9.13 Å². The van der Waals surface area contributed by atoms with Crippen LogP contribution in [0.5, 0.6) is 0 Å². The van der Waals surface area contributed by atoms with Crippen molar-refractivity contribution in [3.8, 4) is 33.6 Å². The maximum atomic E-state index is 2.53. The maximum Gasteiger partial charge on any atom is 0.179 e. The molecule has 0 spiro atoms. The zero-order chi connectivity index (χ0) is 41.7. The van der Waals surface area contributed by atoms with Crippen molar-refractivity contribution >= 4 is 72.4 Å². The molecule has 3 heteroatoms. The molecule has 0 saturated carbocycles. The first-order valence-electron chi connectivity index (χ1n) is 21.8. The fourth-order valence-corrected chi connectivity index (χ4v) is 15.0. The van der Waals surface area contributed by atoms with Gasteiger partial charge in [0.1, 0.15) is 0 Å². The van der Waals surface area contributed by atoms with Crippen LogP contribution in [0.25, 0.3) is 77.2 Å². The van der Waals surface area contributed by atoms with Crippen molar-refractivity contribution in [2.45, 2.75) is 0 Å². The molecule has 0 aliphatic carbocycles. The third-order valence-corrected chi connectivity index (χ3v) is 17.8. The van der Waals surface area contributed by atoms with Gasteiger partial charge in [-0.05, 0) is 91.5 Å². The molecule has 0 unspecified atom stereocenters. The highest BCUT2D eigenvalue weighted by molar-refractivity contribution is 7.20. The third kappa shape index (κ3) is 6.00. The zero-order valence-corrected chi connectivity index (χ0v) is 35.6. The van der Waals surface area contributed by atoms with E-state index in [4.69, 9.17) is 0 Å². The molecule has 0 aliphatic rings. The van der Waals surface area contributed by atoms with E-state index in [0.29, 0.717) is 0 Å². The number of nitrogens with zero attached hydrogens (tertiary/aromatic N) is 2. The lowest BCUT2D eigenvalue weighted by atomic mass is 10.0. The predicted octanol–water partition coefficient (Wildman–Crippen LogP) is 12.6. The van der Waals surface area contributed by atoms with Gasteiger partial charge in [0.2, 0.25) is 0 Å². The summed E-state index contributed by atoms with van der Waals surface area (Å²) >= 11 is 0. The van der Waals surface area contributed by atoms with Gasteiger partial charge in [0, 0.05) is 32.9 Å². The van der Waals surface area contributed by atoms with E-state index in [0.717, 1.165) is 11.4 Å². The molecule has 2 aromatic heterocycles. The van der Waals surface area contributed by atoms with Crippen molar-refractivity contribution < 1.29 is 0 Å². The average Bonchev–Trinajstić information content (AvgIpc) is 3.87. The minimum absolute atomic E-state index is 1.13. The van der Waals surface area contributed by atoms with E-state index in [1.807, 2.05) is 0 Å². The van der Waals surface area contributed by atoms with E-state index < -0.39 is 8.07 Å². The molecule has 0 aliphatic heterocycles. The first kappa shape index (κ1) is 36.8. The monoisotopic (exact) mass is 818 g/mol. The summed E-state index contributed by atoms with van der Waals surface area (Å²) < 4.78 is 4.93. The van der Waals surface area contributed by atoms with Crippen LogP contribution < -0.4 is 20.7 Å². The molecule has 10 aromatic carbocycles. The first-order valence-corrected chi connectivity index (χ1v) is 23.8. The lowest BCUT2D eigenvalue weighted by molar-refractivity contribution is 1.15. The van der Waals surface area contributed by atoms with E-state index in [9.17, 15) is 0 Å². The highest BCUT2D eigenvalue weighted by atomic mass is 28.3. The summed E-state index contributed by atoms with van der Waals surface area (Å²) in [5.41, 5.74) is 11.8. The summed E-state index contributed by atoms with van der Waals surface area (Å²) in [6.45, 7) is 0. The van der Waals surface area contributed by atoms with Crippen LogP contribution in [0.15, 0.2) is 255 Å². The van der Waals surface area contributed by atoms with Gasteiger partial charge in [-0.3, -0.25) is 0 Å². The van der Waals surface area contributed by atoms with Crippen LogP contribution in [0.1, 0.15) is 0 Å². The zero-order valence-electron chi connectivity index (χ0n) is 34.6. The minimum atomic E-state index is -2.79. The van der Waals surface area contributed by atoms with E-state index >= 15 is 0 Å². The van der Waals surface area contributed by atoms with Crippen molar-refractivity contribution in [2.75, 3.05) is 0 Å². The number of hydrogen-bond donors (Lipinski definition) is 0. The highest BCUT2D eigenvalue weighted by Gasteiger charge is 2.41. The molecule has 0 amide bonds. The van der Waals surface area contributed by atoms with E-state index in [-0.39, 0.29) is 0 Å². The van der Waals surface area contributed by atoms with Gasteiger partial charge < -0.3 is 9.13 Å². The molecular formula is C60H42N2Si. The molecular weight excluding hydrogens is 777 g/mol. The molecule has 2 heterocycles. The second-order valence-corrected chi connectivity index (χ2v) is 20.3. The second kappa shape index (κ2) is 15.2. The molecule has 0 fully saturated rings. The van der Waals surface area contributed by atoms with Gasteiger partial charge in [0.25, 0.3) is 0 Å². The fraction of sp³-hybridized carbons (Fsp3) is 0. The SMILES string of the molecule is c1ccc(-c2cccc(-n3c4ccccc4c4ccc(-n5c6ccc(-c7ccccc7)cc6c6cc([Si](c7ccccc7)(c7ccccc7)c7ccccc7)ccc65)cc43)c2)cc1. The number of fused-ring (bicyclic) bond motifs is 6. The van der Waals surface area contributed by atoms with Crippen molar-refractivity contribution in [1.29, 1.82) is 0 Å². The van der Waals surface area contributed by atoms with Crippen LogP contribution in [0.3, 0.4) is 0 Å². The molecule has 296 valence electrons. The van der Waals surface area contributed by atoms with Crippen LogP contribution >= 0.6 is 0 Å². The van der Waals surface area contributed by atoms with E-state index in [1.54, 1.807) is 0 Å². The normalized spacial score (nSPS) is 11.8. The summed E-state index contributed by atoms with van der Waals surface area (Å²) in [6, 6.07) is 94.3. The van der Waals surface area contributed by atoms with Crippen LogP contribution in [0.2, 0.25) is 0 Å². The summed E-state index contributed by atoms with van der Waals surface area (Å²) in [5.74, 6) is 0. The number of hydrogen-bond acceptors (Lipinski definition) is 0.